The van der Waals surface area contributed by atoms with Gasteiger partial charge in [-0.2, -0.15) is 0 Å². The molecule has 0 fully saturated rings. The van der Waals surface area contributed by atoms with E-state index in [-0.39, 0.29) is 5.78 Å². The van der Waals surface area contributed by atoms with Gasteiger partial charge in [-0.1, -0.05) is 40.7 Å². The SMILES string of the molecule is CC.CC.CC/C=C/C(C)=O. The second kappa shape index (κ2) is 22.7. The summed E-state index contributed by atoms with van der Waals surface area (Å²) in [5.41, 5.74) is 0. The van der Waals surface area contributed by atoms with Crippen molar-refractivity contribution in [1.82, 2.24) is 0 Å². The van der Waals surface area contributed by atoms with Crippen molar-refractivity contribution in [3.63, 3.8) is 0 Å². The maximum atomic E-state index is 10.1. The number of carbonyl (C=O) groups excluding carboxylic acids is 1. The summed E-state index contributed by atoms with van der Waals surface area (Å²) >= 11 is 0. The van der Waals surface area contributed by atoms with E-state index in [9.17, 15) is 4.79 Å². The lowest BCUT2D eigenvalue weighted by atomic mass is 10.3. The molecule has 0 saturated heterocycles. The largest absolute Gasteiger partial charge is 0.295 e. The van der Waals surface area contributed by atoms with Gasteiger partial charge in [0.05, 0.1) is 0 Å². The summed E-state index contributed by atoms with van der Waals surface area (Å²) in [5, 5.41) is 0. The van der Waals surface area contributed by atoms with E-state index in [4.69, 9.17) is 0 Å². The Labute approximate surface area is 71.5 Å². The fourth-order valence-electron chi connectivity index (χ4n) is 0.284. The average Bonchev–Trinajstić information content (AvgIpc) is 2.08. The van der Waals surface area contributed by atoms with Crippen LogP contribution in [0.4, 0.5) is 0 Å². The van der Waals surface area contributed by atoms with E-state index in [0.717, 1.165) is 6.42 Å². The van der Waals surface area contributed by atoms with Gasteiger partial charge in [-0.3, -0.25) is 4.79 Å². The molecule has 1 heteroatoms. The molecule has 0 amide bonds. The molecule has 0 heterocycles. The minimum Gasteiger partial charge on any atom is -0.295 e. The highest BCUT2D eigenvalue weighted by atomic mass is 16.1. The van der Waals surface area contributed by atoms with E-state index < -0.39 is 0 Å². The monoisotopic (exact) mass is 158 g/mol. The number of hydrogen-bond acceptors (Lipinski definition) is 1. The molecule has 0 aliphatic carbocycles. The van der Waals surface area contributed by atoms with Gasteiger partial charge in [0.1, 0.15) is 0 Å². The molecule has 0 bridgehead atoms. The number of ketones is 1. The number of hydrogen-bond donors (Lipinski definition) is 0. The lowest BCUT2D eigenvalue weighted by molar-refractivity contribution is -0.112. The van der Waals surface area contributed by atoms with Crippen molar-refractivity contribution in [3.8, 4) is 0 Å². The van der Waals surface area contributed by atoms with Crippen LogP contribution < -0.4 is 0 Å². The van der Waals surface area contributed by atoms with E-state index in [1.165, 1.54) is 0 Å². The molecule has 1 nitrogen and oxygen atoms in total. The van der Waals surface area contributed by atoms with Crippen LogP contribution in [0.25, 0.3) is 0 Å². The fourth-order valence-corrected chi connectivity index (χ4v) is 0.284. The predicted octanol–water partition coefficient (Wildman–Crippen LogP) is 3.59. The molecule has 0 aliphatic heterocycles. The standard InChI is InChI=1S/C6H10O.2C2H6/c1-3-4-5-6(2)7;2*1-2/h4-5H,3H2,1-2H3;2*1-2H3/b5-4+;;. The normalized spacial score (nSPS) is 7.45. The van der Waals surface area contributed by atoms with Crippen molar-refractivity contribution in [2.24, 2.45) is 0 Å². The molecule has 0 spiro atoms. The molecule has 68 valence electrons. The summed E-state index contributed by atoms with van der Waals surface area (Å²) in [5.74, 6) is 0.127. The van der Waals surface area contributed by atoms with Gasteiger partial charge in [0.15, 0.2) is 5.78 Å². The molecule has 0 unspecified atom stereocenters. The highest BCUT2D eigenvalue weighted by Crippen LogP contribution is 1.78. The van der Waals surface area contributed by atoms with Crippen molar-refractivity contribution in [2.45, 2.75) is 48.0 Å². The van der Waals surface area contributed by atoms with Gasteiger partial charge < -0.3 is 0 Å². The first-order valence-electron chi connectivity index (χ1n) is 4.44. The van der Waals surface area contributed by atoms with Crippen LogP contribution in [0.1, 0.15) is 48.0 Å². The Morgan fingerprint density at radius 1 is 1.18 bits per heavy atom. The minimum absolute atomic E-state index is 0.127. The summed E-state index contributed by atoms with van der Waals surface area (Å²) in [4.78, 5) is 10.1. The maximum absolute atomic E-state index is 10.1. The summed E-state index contributed by atoms with van der Waals surface area (Å²) in [7, 11) is 0. The molecule has 0 N–H and O–H groups in total. The van der Waals surface area contributed by atoms with Gasteiger partial charge in [0, 0.05) is 0 Å². The van der Waals surface area contributed by atoms with Crippen LogP contribution in [-0.4, -0.2) is 5.78 Å². The molecule has 0 rings (SSSR count). The Bertz CT molecular complexity index is 82.9. The van der Waals surface area contributed by atoms with Crippen LogP contribution in [0, 0.1) is 0 Å². The molecule has 0 saturated carbocycles. The lowest BCUT2D eigenvalue weighted by Gasteiger charge is -1.73. The number of rotatable bonds is 2. The van der Waals surface area contributed by atoms with Gasteiger partial charge in [-0.25, -0.2) is 0 Å². The van der Waals surface area contributed by atoms with E-state index in [0.29, 0.717) is 0 Å². The quantitative estimate of drug-likeness (QED) is 0.561. The van der Waals surface area contributed by atoms with E-state index in [2.05, 4.69) is 0 Å². The van der Waals surface area contributed by atoms with Crippen LogP contribution in [-0.2, 0) is 4.79 Å². The van der Waals surface area contributed by atoms with Crippen molar-refractivity contribution >= 4 is 5.78 Å². The Hall–Kier alpha value is -0.590. The topological polar surface area (TPSA) is 17.1 Å². The molecular weight excluding hydrogens is 136 g/mol. The highest BCUT2D eigenvalue weighted by molar-refractivity contribution is 5.87. The fraction of sp³-hybridized carbons (Fsp3) is 0.700. The van der Waals surface area contributed by atoms with E-state index in [1.807, 2.05) is 40.7 Å². The molecule has 0 radical (unpaired) electrons. The van der Waals surface area contributed by atoms with Crippen LogP contribution in [0.5, 0.6) is 0 Å². The molecule has 0 aromatic rings. The van der Waals surface area contributed by atoms with Gasteiger partial charge in [-0.05, 0) is 19.4 Å². The van der Waals surface area contributed by atoms with Crippen LogP contribution >= 0.6 is 0 Å². The number of carbonyl (C=O) groups is 1. The molecule has 0 aromatic carbocycles. The number of allylic oxidation sites excluding steroid dienone is 2. The minimum atomic E-state index is 0.127. The first kappa shape index (κ1) is 16.8. The van der Waals surface area contributed by atoms with E-state index in [1.54, 1.807) is 13.0 Å². The Morgan fingerprint density at radius 3 is 1.64 bits per heavy atom. The van der Waals surface area contributed by atoms with Gasteiger partial charge in [0.25, 0.3) is 0 Å². The predicted molar refractivity (Wildman–Crippen MR) is 52.8 cm³/mol. The third-order valence-electron chi connectivity index (χ3n) is 0.588. The zero-order valence-corrected chi connectivity index (χ0v) is 8.77. The molecule has 0 aliphatic rings. The van der Waals surface area contributed by atoms with Gasteiger partial charge in [-0.15, -0.1) is 0 Å². The van der Waals surface area contributed by atoms with Crippen molar-refractivity contribution < 1.29 is 4.79 Å². The maximum Gasteiger partial charge on any atom is 0.152 e. The van der Waals surface area contributed by atoms with Crippen LogP contribution in [0.15, 0.2) is 12.2 Å². The highest BCUT2D eigenvalue weighted by Gasteiger charge is 1.75. The smallest absolute Gasteiger partial charge is 0.152 e. The van der Waals surface area contributed by atoms with Gasteiger partial charge in [0.2, 0.25) is 0 Å². The zero-order valence-electron chi connectivity index (χ0n) is 8.77. The first-order chi connectivity index (χ1) is 5.27. The first-order valence-corrected chi connectivity index (χ1v) is 4.44. The molecule has 0 atom stereocenters. The Morgan fingerprint density at radius 2 is 1.55 bits per heavy atom. The second-order valence-electron chi connectivity index (χ2n) is 1.42. The Balaban J connectivity index is -0.000000138. The second-order valence-corrected chi connectivity index (χ2v) is 1.42. The Kier molecular flexibility index (Phi) is 34.7. The third-order valence-corrected chi connectivity index (χ3v) is 0.588. The van der Waals surface area contributed by atoms with E-state index >= 15 is 0 Å². The van der Waals surface area contributed by atoms with Gasteiger partial charge >= 0.3 is 0 Å². The molecular formula is C10H22O. The molecule has 11 heavy (non-hydrogen) atoms. The summed E-state index contributed by atoms with van der Waals surface area (Å²) < 4.78 is 0. The average molecular weight is 158 g/mol. The van der Waals surface area contributed by atoms with Crippen LogP contribution in [0.2, 0.25) is 0 Å². The van der Waals surface area contributed by atoms with Crippen molar-refractivity contribution in [3.05, 3.63) is 12.2 Å². The summed E-state index contributed by atoms with van der Waals surface area (Å²) in [6, 6.07) is 0. The summed E-state index contributed by atoms with van der Waals surface area (Å²) in [6.45, 7) is 11.5. The summed E-state index contributed by atoms with van der Waals surface area (Å²) in [6.07, 6.45) is 4.38. The third kappa shape index (κ3) is 44.4. The lowest BCUT2D eigenvalue weighted by Crippen LogP contribution is -1.77. The van der Waals surface area contributed by atoms with Crippen LogP contribution in [0.3, 0.4) is 0 Å². The van der Waals surface area contributed by atoms with Crippen molar-refractivity contribution in [2.75, 3.05) is 0 Å². The zero-order chi connectivity index (χ0) is 9.70. The van der Waals surface area contributed by atoms with Crippen molar-refractivity contribution in [1.29, 1.82) is 0 Å². The molecule has 0 aromatic heterocycles.